The van der Waals surface area contributed by atoms with Gasteiger partial charge in [0.05, 0.1) is 0 Å². The molecule has 11 aromatic rings. The van der Waals surface area contributed by atoms with E-state index in [1.54, 1.807) is 0 Å². The average Bonchev–Trinajstić information content (AvgIpc) is 3.90. The summed E-state index contributed by atoms with van der Waals surface area (Å²) in [6.07, 6.45) is 0.964. The molecule has 4 nitrogen and oxygen atoms in total. The molecule has 0 aliphatic rings. The zero-order valence-corrected chi connectivity index (χ0v) is 38.1. The molecule has 1 heterocycles. The molecule has 10 aromatic carbocycles. The van der Waals surface area contributed by atoms with E-state index in [1.165, 1.54) is 60.8 Å². The van der Waals surface area contributed by atoms with E-state index in [-0.39, 0.29) is 0 Å². The smallest absolute Gasteiger partial charge is 0.248 e. The second kappa shape index (κ2) is 18.7. The van der Waals surface area contributed by atoms with Gasteiger partial charge in [-0.25, -0.2) is 0 Å². The number of hydrogen-bond acceptors (Lipinski definition) is 4. The van der Waals surface area contributed by atoms with E-state index in [0.29, 0.717) is 17.7 Å². The van der Waals surface area contributed by atoms with Crippen LogP contribution in [0.5, 0.6) is 0 Å². The third kappa shape index (κ3) is 8.52. The van der Waals surface area contributed by atoms with Crippen LogP contribution in [0.1, 0.15) is 19.4 Å². The van der Waals surface area contributed by atoms with Crippen molar-refractivity contribution in [1.82, 2.24) is 10.2 Å². The Morgan fingerprint density at radius 1 is 0.353 bits per heavy atom. The quantitative estimate of drug-likeness (QED) is 0.123. The van der Waals surface area contributed by atoms with Gasteiger partial charge >= 0.3 is 0 Å². The van der Waals surface area contributed by atoms with E-state index < -0.39 is 0 Å². The number of anilines is 3. The van der Waals surface area contributed by atoms with E-state index in [9.17, 15) is 0 Å². The highest BCUT2D eigenvalue weighted by Crippen LogP contribution is 2.43. The van der Waals surface area contributed by atoms with Gasteiger partial charge in [0.15, 0.2) is 0 Å². The van der Waals surface area contributed by atoms with Crippen molar-refractivity contribution in [3.8, 4) is 78.5 Å². The van der Waals surface area contributed by atoms with Crippen LogP contribution < -0.4 is 4.90 Å². The Bertz CT molecular complexity index is 3460. The molecule has 0 atom stereocenters. The van der Waals surface area contributed by atoms with Gasteiger partial charge in [0.25, 0.3) is 0 Å². The minimum absolute atomic E-state index is 0.483. The number of fused-ring (bicyclic) bond motifs is 1. The fourth-order valence-corrected chi connectivity index (χ4v) is 9.50. The van der Waals surface area contributed by atoms with Crippen molar-refractivity contribution >= 4 is 27.8 Å². The summed E-state index contributed by atoms with van der Waals surface area (Å²) in [6, 6.07) is 86.6. The SMILES string of the molecule is CC(C)Cc1cccc(-c2ccccc2-c2ccc(-c3nnc(-c4ccccc4)o3)cc2)c1-c1ccc(N(c2ccccc2)c2ccc(-c3ccc(-c4cccc5ccccc45)cc3)cc2)cc1. The topological polar surface area (TPSA) is 42.2 Å². The van der Waals surface area contributed by atoms with Crippen molar-refractivity contribution in [2.75, 3.05) is 4.90 Å². The Hall–Kier alpha value is -8.60. The fourth-order valence-electron chi connectivity index (χ4n) is 9.50. The Labute approximate surface area is 398 Å². The van der Waals surface area contributed by atoms with Crippen molar-refractivity contribution in [3.63, 3.8) is 0 Å². The Kier molecular flexibility index (Phi) is 11.6. The predicted octanol–water partition coefficient (Wildman–Crippen LogP) is 17.6. The van der Waals surface area contributed by atoms with Gasteiger partial charge in [0, 0.05) is 28.2 Å². The highest BCUT2D eigenvalue weighted by atomic mass is 16.4. The molecule has 1 aromatic heterocycles. The second-order valence-corrected chi connectivity index (χ2v) is 17.7. The molecule has 326 valence electrons. The standard InChI is InChI=1S/C64H49N3O/c1-44(2)43-53-19-14-26-61(60-24-12-11-23-59(60)49-31-33-52(34-32-49)64-66-65-63(68-64)51-16-5-3-6-17-51)62(53)50-37-41-56(42-38-50)67(54-20-7-4-8-21-54)55-39-35-46(36-40-55)45-27-29-48(30-28-45)58-25-13-18-47-15-9-10-22-57(47)58/h3-42,44H,43H2,1-2H3. The zero-order chi connectivity index (χ0) is 45.8. The molecule has 0 spiro atoms. The van der Waals surface area contributed by atoms with Crippen LogP contribution in [-0.2, 0) is 6.42 Å². The van der Waals surface area contributed by atoms with E-state index in [0.717, 1.165) is 45.7 Å². The number of hydrogen-bond donors (Lipinski definition) is 0. The third-order valence-corrected chi connectivity index (χ3v) is 12.8. The van der Waals surface area contributed by atoms with Crippen LogP contribution in [-0.4, -0.2) is 10.2 Å². The Morgan fingerprint density at radius 3 is 1.46 bits per heavy atom. The van der Waals surface area contributed by atoms with Crippen LogP contribution >= 0.6 is 0 Å². The van der Waals surface area contributed by atoms with Crippen LogP contribution in [0.3, 0.4) is 0 Å². The molecule has 0 saturated carbocycles. The number of nitrogens with zero attached hydrogens (tertiary/aromatic N) is 3. The van der Waals surface area contributed by atoms with Crippen LogP contribution in [0.15, 0.2) is 247 Å². The second-order valence-electron chi connectivity index (χ2n) is 17.7. The lowest BCUT2D eigenvalue weighted by Crippen LogP contribution is -2.09. The minimum atomic E-state index is 0.483. The highest BCUT2D eigenvalue weighted by molar-refractivity contribution is 5.97. The summed E-state index contributed by atoms with van der Waals surface area (Å²) in [5.41, 5.74) is 18.3. The third-order valence-electron chi connectivity index (χ3n) is 12.8. The van der Waals surface area contributed by atoms with E-state index >= 15 is 0 Å². The molecule has 0 radical (unpaired) electrons. The summed E-state index contributed by atoms with van der Waals surface area (Å²) >= 11 is 0. The monoisotopic (exact) mass is 875 g/mol. The molecule has 0 amide bonds. The van der Waals surface area contributed by atoms with Crippen LogP contribution in [0.25, 0.3) is 89.3 Å². The largest absolute Gasteiger partial charge is 0.416 e. The summed E-state index contributed by atoms with van der Waals surface area (Å²) in [5, 5.41) is 11.2. The zero-order valence-electron chi connectivity index (χ0n) is 38.1. The molecule has 4 heteroatoms. The van der Waals surface area contributed by atoms with Gasteiger partial charge in [-0.2, -0.15) is 0 Å². The van der Waals surface area contributed by atoms with Crippen molar-refractivity contribution in [1.29, 1.82) is 0 Å². The summed E-state index contributed by atoms with van der Waals surface area (Å²) in [7, 11) is 0. The number of rotatable bonds is 12. The Balaban J connectivity index is 0.908. The number of para-hydroxylation sites is 1. The molecular weight excluding hydrogens is 827 g/mol. The first kappa shape index (κ1) is 42.1. The molecule has 0 N–H and O–H groups in total. The highest BCUT2D eigenvalue weighted by Gasteiger charge is 2.19. The van der Waals surface area contributed by atoms with E-state index in [1.807, 2.05) is 30.3 Å². The molecule has 68 heavy (non-hydrogen) atoms. The number of aromatic nitrogens is 2. The molecule has 0 saturated heterocycles. The molecule has 0 aliphatic heterocycles. The molecular formula is C64H49N3O. The van der Waals surface area contributed by atoms with Gasteiger partial charge in [-0.05, 0) is 145 Å². The molecule has 0 fully saturated rings. The summed E-state index contributed by atoms with van der Waals surface area (Å²) < 4.78 is 6.10. The normalized spacial score (nSPS) is 11.3. The van der Waals surface area contributed by atoms with Gasteiger partial charge in [0.1, 0.15) is 0 Å². The minimum Gasteiger partial charge on any atom is -0.416 e. The van der Waals surface area contributed by atoms with Crippen LogP contribution in [0.4, 0.5) is 17.1 Å². The van der Waals surface area contributed by atoms with Crippen molar-refractivity contribution in [2.45, 2.75) is 20.3 Å². The summed E-state index contributed by atoms with van der Waals surface area (Å²) in [5.74, 6) is 1.49. The first-order chi connectivity index (χ1) is 33.5. The maximum absolute atomic E-state index is 6.10. The first-order valence-corrected chi connectivity index (χ1v) is 23.4. The lowest BCUT2D eigenvalue weighted by molar-refractivity contribution is 0.584. The van der Waals surface area contributed by atoms with Crippen molar-refractivity contribution in [2.24, 2.45) is 5.92 Å². The van der Waals surface area contributed by atoms with E-state index in [4.69, 9.17) is 4.42 Å². The summed E-state index contributed by atoms with van der Waals surface area (Å²) in [6.45, 7) is 4.59. The maximum atomic E-state index is 6.10. The fraction of sp³-hybridized carbons (Fsp3) is 0.0625. The van der Waals surface area contributed by atoms with E-state index in [2.05, 4.69) is 241 Å². The predicted molar refractivity (Wildman–Crippen MR) is 283 cm³/mol. The first-order valence-electron chi connectivity index (χ1n) is 23.4. The van der Waals surface area contributed by atoms with Gasteiger partial charge in [-0.1, -0.05) is 196 Å². The maximum Gasteiger partial charge on any atom is 0.248 e. The Morgan fingerprint density at radius 2 is 0.794 bits per heavy atom. The number of benzene rings is 10. The molecule has 11 rings (SSSR count). The van der Waals surface area contributed by atoms with Gasteiger partial charge in [-0.3, -0.25) is 0 Å². The summed E-state index contributed by atoms with van der Waals surface area (Å²) in [4.78, 5) is 2.34. The lowest BCUT2D eigenvalue weighted by Gasteiger charge is -2.26. The van der Waals surface area contributed by atoms with Gasteiger partial charge < -0.3 is 9.32 Å². The molecule has 0 bridgehead atoms. The van der Waals surface area contributed by atoms with Crippen molar-refractivity contribution < 1.29 is 4.42 Å². The molecule has 0 unspecified atom stereocenters. The van der Waals surface area contributed by atoms with Gasteiger partial charge in [-0.15, -0.1) is 10.2 Å². The van der Waals surface area contributed by atoms with Crippen LogP contribution in [0.2, 0.25) is 0 Å². The molecule has 0 aliphatic carbocycles. The van der Waals surface area contributed by atoms with Crippen molar-refractivity contribution in [3.05, 3.63) is 248 Å². The van der Waals surface area contributed by atoms with Crippen LogP contribution in [0, 0.1) is 5.92 Å². The average molecular weight is 876 g/mol. The lowest BCUT2D eigenvalue weighted by atomic mass is 9.85. The van der Waals surface area contributed by atoms with Gasteiger partial charge in [0.2, 0.25) is 11.8 Å².